The van der Waals surface area contributed by atoms with Gasteiger partial charge >= 0.3 is 12.0 Å². The number of urea groups is 1. The Balaban J connectivity index is 2.48. The second-order valence-electron chi connectivity index (χ2n) is 2.86. The molecule has 7 heteroatoms. The maximum atomic E-state index is 11.1. The van der Waals surface area contributed by atoms with E-state index in [0.29, 0.717) is 5.13 Å². The highest BCUT2D eigenvalue weighted by atomic mass is 32.1. The molecular formula is C8H11N3O3S. The largest absolute Gasteiger partial charge is 0.480 e. The minimum Gasteiger partial charge on any atom is -0.480 e. The van der Waals surface area contributed by atoms with Gasteiger partial charge in [-0.05, 0) is 13.8 Å². The van der Waals surface area contributed by atoms with E-state index in [4.69, 9.17) is 5.11 Å². The number of carbonyl (C=O) groups excluding carboxylic acids is 1. The molecule has 0 aromatic carbocycles. The van der Waals surface area contributed by atoms with E-state index in [1.165, 1.54) is 11.3 Å². The zero-order valence-corrected chi connectivity index (χ0v) is 9.14. The van der Waals surface area contributed by atoms with Crippen molar-refractivity contribution in [1.29, 1.82) is 0 Å². The quantitative estimate of drug-likeness (QED) is 0.720. The summed E-state index contributed by atoms with van der Waals surface area (Å²) in [4.78, 5) is 26.4. The Morgan fingerprint density at radius 3 is 2.60 bits per heavy atom. The Bertz CT molecular complexity index is 369. The third-order valence-corrected chi connectivity index (χ3v) is 2.64. The van der Waals surface area contributed by atoms with E-state index in [1.807, 2.05) is 13.8 Å². The molecule has 1 aromatic rings. The Morgan fingerprint density at radius 2 is 2.13 bits per heavy atom. The smallest absolute Gasteiger partial charge is 0.323 e. The molecule has 3 N–H and O–H groups in total. The monoisotopic (exact) mass is 229 g/mol. The molecule has 0 atom stereocenters. The van der Waals surface area contributed by atoms with Gasteiger partial charge in [0, 0.05) is 4.88 Å². The summed E-state index contributed by atoms with van der Waals surface area (Å²) < 4.78 is 0. The van der Waals surface area contributed by atoms with Crippen molar-refractivity contribution in [1.82, 2.24) is 10.3 Å². The molecule has 0 bridgehead atoms. The van der Waals surface area contributed by atoms with Crippen LogP contribution in [0, 0.1) is 13.8 Å². The van der Waals surface area contributed by atoms with Gasteiger partial charge in [-0.25, -0.2) is 9.78 Å². The molecule has 0 aliphatic heterocycles. The molecule has 0 fully saturated rings. The lowest BCUT2D eigenvalue weighted by atomic mass is 10.4. The number of aliphatic carboxylic acids is 1. The molecule has 0 radical (unpaired) electrons. The van der Waals surface area contributed by atoms with Crippen LogP contribution in [0.2, 0.25) is 0 Å². The van der Waals surface area contributed by atoms with Crippen LogP contribution in [0.25, 0.3) is 0 Å². The Morgan fingerprint density at radius 1 is 1.47 bits per heavy atom. The summed E-state index contributed by atoms with van der Waals surface area (Å²) in [6, 6.07) is -0.564. The van der Waals surface area contributed by atoms with Gasteiger partial charge in [0.1, 0.15) is 6.54 Å². The lowest BCUT2D eigenvalue weighted by Gasteiger charge is -2.01. The van der Waals surface area contributed by atoms with Crippen LogP contribution in [0.4, 0.5) is 9.93 Å². The first kappa shape index (κ1) is 11.4. The molecule has 6 nitrogen and oxygen atoms in total. The molecular weight excluding hydrogens is 218 g/mol. The van der Waals surface area contributed by atoms with Crippen molar-refractivity contribution in [3.8, 4) is 0 Å². The predicted molar refractivity (Wildman–Crippen MR) is 56.2 cm³/mol. The number of hydrogen-bond acceptors (Lipinski definition) is 4. The van der Waals surface area contributed by atoms with E-state index in [0.717, 1.165) is 10.6 Å². The van der Waals surface area contributed by atoms with Crippen LogP contribution in [0.1, 0.15) is 10.6 Å². The van der Waals surface area contributed by atoms with Gasteiger partial charge in [0.25, 0.3) is 0 Å². The Kier molecular flexibility index (Phi) is 3.62. The molecule has 0 aliphatic rings. The molecule has 0 saturated carbocycles. The topological polar surface area (TPSA) is 91.3 Å². The zero-order valence-electron chi connectivity index (χ0n) is 8.33. The SMILES string of the molecule is Cc1nc(NC(=O)NCC(=O)O)sc1C. The van der Waals surface area contributed by atoms with Crippen molar-refractivity contribution in [3.05, 3.63) is 10.6 Å². The molecule has 0 aliphatic carbocycles. The molecule has 2 amide bonds. The van der Waals surface area contributed by atoms with Crippen LogP contribution in [0.5, 0.6) is 0 Å². The van der Waals surface area contributed by atoms with Crippen LogP contribution in [0.3, 0.4) is 0 Å². The van der Waals surface area contributed by atoms with E-state index in [2.05, 4.69) is 15.6 Å². The second kappa shape index (κ2) is 4.74. The van der Waals surface area contributed by atoms with E-state index >= 15 is 0 Å². The van der Waals surface area contributed by atoms with E-state index in [9.17, 15) is 9.59 Å². The summed E-state index contributed by atoms with van der Waals surface area (Å²) in [5.41, 5.74) is 0.855. The van der Waals surface area contributed by atoms with Gasteiger partial charge in [-0.3, -0.25) is 10.1 Å². The summed E-state index contributed by atoms with van der Waals surface area (Å²) in [5, 5.41) is 13.4. The first-order valence-corrected chi connectivity index (χ1v) is 5.01. The van der Waals surface area contributed by atoms with Gasteiger partial charge in [-0.1, -0.05) is 0 Å². The standard InChI is InChI=1S/C8H11N3O3S/c1-4-5(2)15-8(10-4)11-7(14)9-3-6(12)13/h3H2,1-2H3,(H,12,13)(H2,9,10,11,14). The number of amides is 2. The van der Waals surface area contributed by atoms with Crippen molar-refractivity contribution < 1.29 is 14.7 Å². The van der Waals surface area contributed by atoms with Gasteiger partial charge in [-0.15, -0.1) is 11.3 Å². The highest BCUT2D eigenvalue weighted by Gasteiger charge is 2.08. The summed E-state index contributed by atoms with van der Waals surface area (Å²) in [5.74, 6) is -1.09. The van der Waals surface area contributed by atoms with Crippen LogP contribution in [0.15, 0.2) is 0 Å². The average Bonchev–Trinajstić information content (AvgIpc) is 2.42. The van der Waals surface area contributed by atoms with Crippen molar-refractivity contribution in [3.63, 3.8) is 0 Å². The van der Waals surface area contributed by atoms with Crippen molar-refractivity contribution in [2.45, 2.75) is 13.8 Å². The maximum absolute atomic E-state index is 11.1. The Hall–Kier alpha value is -1.63. The number of nitrogens with one attached hydrogen (secondary N) is 2. The van der Waals surface area contributed by atoms with E-state index in [-0.39, 0.29) is 0 Å². The number of aryl methyl sites for hydroxylation is 2. The second-order valence-corrected chi connectivity index (χ2v) is 4.07. The van der Waals surface area contributed by atoms with E-state index in [1.54, 1.807) is 0 Å². The fraction of sp³-hybridized carbons (Fsp3) is 0.375. The van der Waals surface area contributed by atoms with Crippen LogP contribution >= 0.6 is 11.3 Å². The fourth-order valence-corrected chi connectivity index (χ4v) is 1.63. The minimum absolute atomic E-state index is 0.408. The lowest BCUT2D eigenvalue weighted by molar-refractivity contribution is -0.135. The van der Waals surface area contributed by atoms with Gasteiger partial charge < -0.3 is 10.4 Å². The minimum atomic E-state index is -1.09. The summed E-state index contributed by atoms with van der Waals surface area (Å²) in [7, 11) is 0. The van der Waals surface area contributed by atoms with E-state index < -0.39 is 18.5 Å². The first-order valence-electron chi connectivity index (χ1n) is 4.19. The summed E-state index contributed by atoms with van der Waals surface area (Å²) in [6.45, 7) is 3.33. The number of carboxylic acids is 1. The average molecular weight is 229 g/mol. The number of rotatable bonds is 3. The summed E-state index contributed by atoms with van der Waals surface area (Å²) in [6.07, 6.45) is 0. The number of thiazole rings is 1. The maximum Gasteiger partial charge on any atom is 0.323 e. The molecule has 15 heavy (non-hydrogen) atoms. The number of carboxylic acid groups (broad SMARTS) is 1. The molecule has 1 heterocycles. The van der Waals surface area contributed by atoms with Crippen LogP contribution in [-0.2, 0) is 4.79 Å². The first-order chi connectivity index (χ1) is 6.99. The molecule has 0 unspecified atom stereocenters. The lowest BCUT2D eigenvalue weighted by Crippen LogP contribution is -2.33. The molecule has 1 rings (SSSR count). The molecule has 82 valence electrons. The number of nitrogens with zero attached hydrogens (tertiary/aromatic N) is 1. The molecule has 1 aromatic heterocycles. The van der Waals surface area contributed by atoms with Gasteiger partial charge in [0.15, 0.2) is 5.13 Å². The van der Waals surface area contributed by atoms with Gasteiger partial charge in [0.05, 0.1) is 5.69 Å². The highest BCUT2D eigenvalue weighted by molar-refractivity contribution is 7.15. The normalized spacial score (nSPS) is 9.73. The fourth-order valence-electron chi connectivity index (χ4n) is 0.823. The van der Waals surface area contributed by atoms with Crippen molar-refractivity contribution in [2.24, 2.45) is 0 Å². The number of anilines is 1. The Labute approximate surface area is 90.3 Å². The molecule has 0 spiro atoms. The third kappa shape index (κ3) is 3.55. The zero-order chi connectivity index (χ0) is 11.4. The molecule has 0 saturated heterocycles. The van der Waals surface area contributed by atoms with Gasteiger partial charge in [0.2, 0.25) is 0 Å². The summed E-state index contributed by atoms with van der Waals surface area (Å²) >= 11 is 1.35. The van der Waals surface area contributed by atoms with Gasteiger partial charge in [-0.2, -0.15) is 0 Å². The van der Waals surface area contributed by atoms with Crippen LogP contribution in [-0.4, -0.2) is 28.6 Å². The third-order valence-electron chi connectivity index (χ3n) is 1.65. The predicted octanol–water partition coefficient (Wildman–Crippen LogP) is 0.966. The highest BCUT2D eigenvalue weighted by Crippen LogP contribution is 2.20. The van der Waals surface area contributed by atoms with Crippen molar-refractivity contribution in [2.75, 3.05) is 11.9 Å². The number of carbonyl (C=O) groups is 2. The number of aromatic nitrogens is 1. The number of hydrogen-bond donors (Lipinski definition) is 3. The van der Waals surface area contributed by atoms with Crippen LogP contribution < -0.4 is 10.6 Å². The van der Waals surface area contributed by atoms with Crippen molar-refractivity contribution >= 4 is 28.5 Å².